The summed E-state index contributed by atoms with van der Waals surface area (Å²) in [6, 6.07) is 17.2. The van der Waals surface area contributed by atoms with Crippen LogP contribution in [0.15, 0.2) is 54.7 Å². The number of nitrogens with one attached hydrogen (secondary N) is 2. The molecule has 0 aliphatic carbocycles. The van der Waals surface area contributed by atoms with Crippen LogP contribution < -0.4 is 10.2 Å². The zero-order valence-corrected chi connectivity index (χ0v) is 19.0. The highest BCUT2D eigenvalue weighted by Gasteiger charge is 2.23. The van der Waals surface area contributed by atoms with Gasteiger partial charge in [0.1, 0.15) is 0 Å². The number of quaternary nitrogens is 1. The molecule has 0 saturated carbocycles. The van der Waals surface area contributed by atoms with E-state index in [0.29, 0.717) is 6.42 Å². The molecule has 0 bridgehead atoms. The Balaban J connectivity index is 1.54. The van der Waals surface area contributed by atoms with Crippen molar-refractivity contribution in [1.82, 2.24) is 9.88 Å². The second-order valence-electron chi connectivity index (χ2n) is 8.97. The lowest BCUT2D eigenvalue weighted by atomic mass is 9.87. The third-order valence-corrected chi connectivity index (χ3v) is 6.77. The standard InChI is InChI=1S/C27H35N3O/c1-3-30-20-25(23-9-5-6-10-26(23)30)24(22-13-11-21(2)12-14-22)19-27(31)28-15-18-29-16-7-4-8-17-29/h5-6,9-14,20,24H,3-4,7-8,15-19H2,1-2H3,(H,28,31)/p+1/t24-/m1/s1. The van der Waals surface area contributed by atoms with Crippen LogP contribution in [0.1, 0.15) is 55.2 Å². The van der Waals surface area contributed by atoms with Crippen LogP contribution in [-0.4, -0.2) is 36.7 Å². The molecular weight excluding hydrogens is 382 g/mol. The van der Waals surface area contributed by atoms with Gasteiger partial charge in [-0.25, -0.2) is 0 Å². The number of aryl methyl sites for hydroxylation is 2. The van der Waals surface area contributed by atoms with E-state index in [9.17, 15) is 4.79 Å². The number of piperidine rings is 1. The Kier molecular flexibility index (Phi) is 7.08. The number of aromatic nitrogens is 1. The summed E-state index contributed by atoms with van der Waals surface area (Å²) in [5.41, 5.74) is 4.94. The largest absolute Gasteiger partial charge is 0.350 e. The Morgan fingerprint density at radius 3 is 2.55 bits per heavy atom. The molecule has 1 saturated heterocycles. The molecule has 0 unspecified atom stereocenters. The molecule has 1 fully saturated rings. The highest BCUT2D eigenvalue weighted by molar-refractivity contribution is 5.86. The van der Waals surface area contributed by atoms with Crippen LogP contribution in [0.3, 0.4) is 0 Å². The molecule has 2 N–H and O–H groups in total. The van der Waals surface area contributed by atoms with Crippen molar-refractivity contribution in [2.24, 2.45) is 0 Å². The van der Waals surface area contributed by atoms with Gasteiger partial charge < -0.3 is 14.8 Å². The van der Waals surface area contributed by atoms with E-state index in [4.69, 9.17) is 0 Å². The molecule has 1 aliphatic heterocycles. The monoisotopic (exact) mass is 418 g/mol. The molecule has 31 heavy (non-hydrogen) atoms. The molecule has 1 atom stereocenters. The minimum absolute atomic E-state index is 0.0561. The van der Waals surface area contributed by atoms with E-state index in [2.05, 4.69) is 78.5 Å². The number of hydrogen-bond donors (Lipinski definition) is 2. The fourth-order valence-corrected chi connectivity index (χ4v) is 4.96. The van der Waals surface area contributed by atoms with Crippen molar-refractivity contribution < 1.29 is 9.69 Å². The number of para-hydroxylation sites is 1. The van der Waals surface area contributed by atoms with Crippen molar-refractivity contribution in [3.63, 3.8) is 0 Å². The van der Waals surface area contributed by atoms with Gasteiger partial charge in [0.25, 0.3) is 0 Å². The number of nitrogens with zero attached hydrogens (tertiary/aromatic N) is 1. The van der Waals surface area contributed by atoms with E-state index in [1.165, 1.54) is 59.9 Å². The summed E-state index contributed by atoms with van der Waals surface area (Å²) in [4.78, 5) is 14.6. The van der Waals surface area contributed by atoms with Crippen molar-refractivity contribution in [3.8, 4) is 0 Å². The molecule has 164 valence electrons. The first-order valence-corrected chi connectivity index (χ1v) is 11.9. The third kappa shape index (κ3) is 5.19. The lowest BCUT2D eigenvalue weighted by Crippen LogP contribution is -3.13. The van der Waals surface area contributed by atoms with E-state index >= 15 is 0 Å². The number of rotatable bonds is 8. The molecule has 2 aromatic carbocycles. The average molecular weight is 419 g/mol. The molecule has 4 rings (SSSR count). The number of hydrogen-bond acceptors (Lipinski definition) is 1. The van der Waals surface area contributed by atoms with Gasteiger partial charge in [0.2, 0.25) is 5.91 Å². The lowest BCUT2D eigenvalue weighted by Gasteiger charge is -2.23. The zero-order valence-electron chi connectivity index (χ0n) is 19.0. The highest BCUT2D eigenvalue weighted by atomic mass is 16.1. The van der Waals surface area contributed by atoms with Crippen LogP contribution in [0.25, 0.3) is 10.9 Å². The van der Waals surface area contributed by atoms with Gasteiger partial charge in [0.05, 0.1) is 26.2 Å². The molecule has 4 nitrogen and oxygen atoms in total. The lowest BCUT2D eigenvalue weighted by molar-refractivity contribution is -0.903. The maximum atomic E-state index is 13.0. The fourth-order valence-electron chi connectivity index (χ4n) is 4.96. The maximum absolute atomic E-state index is 13.0. The quantitative estimate of drug-likeness (QED) is 0.576. The van der Waals surface area contributed by atoms with Crippen LogP contribution in [0.4, 0.5) is 0 Å². The predicted molar refractivity (Wildman–Crippen MR) is 128 cm³/mol. The van der Waals surface area contributed by atoms with Crippen molar-refractivity contribution in [3.05, 3.63) is 71.4 Å². The second-order valence-corrected chi connectivity index (χ2v) is 8.97. The molecule has 3 aromatic rings. The summed E-state index contributed by atoms with van der Waals surface area (Å²) >= 11 is 0. The minimum Gasteiger partial charge on any atom is -0.350 e. The van der Waals surface area contributed by atoms with Crippen LogP contribution >= 0.6 is 0 Å². The highest BCUT2D eigenvalue weighted by Crippen LogP contribution is 2.35. The van der Waals surface area contributed by atoms with Gasteiger partial charge in [0, 0.05) is 36.0 Å². The fraction of sp³-hybridized carbons (Fsp3) is 0.444. The minimum atomic E-state index is 0.0561. The van der Waals surface area contributed by atoms with E-state index < -0.39 is 0 Å². The SMILES string of the molecule is CCn1cc([C@H](CC(=O)NCC[NH+]2CCCCC2)c2ccc(C)cc2)c2ccccc21. The van der Waals surface area contributed by atoms with Crippen molar-refractivity contribution in [2.75, 3.05) is 26.2 Å². The first kappa shape index (κ1) is 21.6. The Labute approximate surface area is 186 Å². The summed E-state index contributed by atoms with van der Waals surface area (Å²) in [5.74, 6) is 0.205. The van der Waals surface area contributed by atoms with Gasteiger partial charge in [-0.2, -0.15) is 0 Å². The Morgan fingerprint density at radius 1 is 1.06 bits per heavy atom. The van der Waals surface area contributed by atoms with Crippen molar-refractivity contribution in [1.29, 1.82) is 0 Å². The van der Waals surface area contributed by atoms with Gasteiger partial charge in [0.15, 0.2) is 0 Å². The normalized spacial score (nSPS) is 15.8. The number of likely N-dealkylation sites (tertiary alicyclic amines) is 1. The summed E-state index contributed by atoms with van der Waals surface area (Å²) < 4.78 is 2.30. The molecule has 1 amide bonds. The molecule has 0 spiro atoms. The number of carbonyl (C=O) groups excluding carboxylic acids is 1. The van der Waals surface area contributed by atoms with Crippen LogP contribution in [0, 0.1) is 6.92 Å². The van der Waals surface area contributed by atoms with Gasteiger partial charge in [-0.05, 0) is 50.3 Å². The van der Waals surface area contributed by atoms with Gasteiger partial charge in [-0.3, -0.25) is 4.79 Å². The van der Waals surface area contributed by atoms with E-state index in [-0.39, 0.29) is 11.8 Å². The summed E-state index contributed by atoms with van der Waals surface area (Å²) in [5, 5.41) is 4.46. The predicted octanol–water partition coefficient (Wildman–Crippen LogP) is 3.68. The van der Waals surface area contributed by atoms with Crippen molar-refractivity contribution >= 4 is 16.8 Å². The third-order valence-electron chi connectivity index (χ3n) is 6.77. The van der Waals surface area contributed by atoms with E-state index in [0.717, 1.165) is 19.6 Å². The Hall–Kier alpha value is -2.59. The number of benzene rings is 2. The zero-order chi connectivity index (χ0) is 21.6. The van der Waals surface area contributed by atoms with E-state index in [1.54, 1.807) is 4.90 Å². The summed E-state index contributed by atoms with van der Waals surface area (Å²) in [7, 11) is 0. The smallest absolute Gasteiger partial charge is 0.221 e. The first-order chi connectivity index (χ1) is 15.2. The number of carbonyl (C=O) groups is 1. The van der Waals surface area contributed by atoms with Crippen LogP contribution in [0.5, 0.6) is 0 Å². The topological polar surface area (TPSA) is 38.5 Å². The van der Waals surface area contributed by atoms with Crippen LogP contribution in [0.2, 0.25) is 0 Å². The molecule has 2 heterocycles. The maximum Gasteiger partial charge on any atom is 0.221 e. The Bertz CT molecular complexity index is 999. The number of fused-ring (bicyclic) bond motifs is 1. The van der Waals surface area contributed by atoms with Crippen molar-refractivity contribution in [2.45, 2.75) is 52.0 Å². The van der Waals surface area contributed by atoms with Gasteiger partial charge in [-0.15, -0.1) is 0 Å². The summed E-state index contributed by atoms with van der Waals surface area (Å²) in [6.45, 7) is 9.51. The van der Waals surface area contributed by atoms with E-state index in [1.807, 2.05) is 0 Å². The van der Waals surface area contributed by atoms with Gasteiger partial charge >= 0.3 is 0 Å². The van der Waals surface area contributed by atoms with Crippen LogP contribution in [-0.2, 0) is 11.3 Å². The molecule has 4 heteroatoms. The first-order valence-electron chi connectivity index (χ1n) is 11.9. The van der Waals surface area contributed by atoms with Gasteiger partial charge in [-0.1, -0.05) is 48.0 Å². The second kappa shape index (κ2) is 10.1. The average Bonchev–Trinajstić information content (AvgIpc) is 3.17. The molecular formula is C27H36N3O+. The molecule has 1 aliphatic rings. The summed E-state index contributed by atoms with van der Waals surface area (Å²) in [6.07, 6.45) is 6.73. The molecule has 1 aromatic heterocycles. The Morgan fingerprint density at radius 2 is 1.81 bits per heavy atom. The molecule has 0 radical (unpaired) electrons. The number of amides is 1.